The maximum atomic E-state index is 12.5. The fourth-order valence-corrected chi connectivity index (χ4v) is 5.82. The van der Waals surface area contributed by atoms with Crippen LogP contribution in [0.4, 0.5) is 0 Å². The third-order valence-corrected chi connectivity index (χ3v) is 8.98. The van der Waals surface area contributed by atoms with Crippen LogP contribution in [0.5, 0.6) is 0 Å². The minimum absolute atomic E-state index is 0.0493. The van der Waals surface area contributed by atoms with Crippen molar-refractivity contribution in [2.24, 2.45) is 5.73 Å². The van der Waals surface area contributed by atoms with E-state index in [1.165, 1.54) is 51.4 Å². The van der Waals surface area contributed by atoms with Crippen molar-refractivity contribution < 1.29 is 37.6 Å². The van der Waals surface area contributed by atoms with Crippen LogP contribution >= 0.6 is 7.82 Å². The fourth-order valence-electron chi connectivity index (χ4n) is 5.06. The second-order valence-electron chi connectivity index (χ2n) is 12.8. The summed E-state index contributed by atoms with van der Waals surface area (Å²) in [7, 11) is -4.38. The van der Waals surface area contributed by atoms with Crippen LogP contribution < -0.4 is 5.73 Å². The van der Waals surface area contributed by atoms with Crippen molar-refractivity contribution in [3.05, 3.63) is 36.5 Å². The van der Waals surface area contributed by atoms with Gasteiger partial charge in [-0.25, -0.2) is 4.57 Å². The Hall–Kier alpha value is -1.77. The van der Waals surface area contributed by atoms with Gasteiger partial charge in [-0.05, 0) is 64.2 Å². The summed E-state index contributed by atoms with van der Waals surface area (Å²) in [5, 5.41) is 0. The quantitative estimate of drug-likeness (QED) is 0.0281. The Morgan fingerprint density at radius 3 is 1.63 bits per heavy atom. The Bertz CT molecular complexity index is 907. The van der Waals surface area contributed by atoms with E-state index in [9.17, 15) is 19.0 Å². The molecule has 0 aromatic carbocycles. The Kier molecular flexibility index (Phi) is 34.7. The number of carbonyl (C=O) groups is 2. The Morgan fingerprint density at radius 2 is 1.08 bits per heavy atom. The fraction of sp³-hybridized carbons (Fsp3) is 0.795. The summed E-state index contributed by atoms with van der Waals surface area (Å²) in [6, 6.07) is 0. The molecular formula is C39H72NO8P. The van der Waals surface area contributed by atoms with Crippen LogP contribution in [-0.2, 0) is 32.7 Å². The van der Waals surface area contributed by atoms with Gasteiger partial charge in [-0.2, -0.15) is 0 Å². The zero-order valence-electron chi connectivity index (χ0n) is 31.2. The number of carbonyl (C=O) groups excluding carboxylic acids is 2. The number of hydrogen-bond donors (Lipinski definition) is 2. The van der Waals surface area contributed by atoms with Gasteiger partial charge < -0.3 is 20.1 Å². The van der Waals surface area contributed by atoms with Gasteiger partial charge in [0.2, 0.25) is 0 Å². The Morgan fingerprint density at radius 1 is 0.612 bits per heavy atom. The van der Waals surface area contributed by atoms with Crippen molar-refractivity contribution in [3.63, 3.8) is 0 Å². The number of unbranched alkanes of at least 4 members (excludes halogenated alkanes) is 17. The minimum atomic E-state index is -4.38. The molecule has 0 bridgehead atoms. The first-order valence-corrected chi connectivity index (χ1v) is 21.0. The van der Waals surface area contributed by atoms with E-state index in [2.05, 4.69) is 50.3 Å². The molecule has 0 aliphatic rings. The standard InChI is InChI=1S/C39H72NO8P/c1-3-5-7-9-11-13-15-17-19-21-23-25-27-29-31-38(41)45-35-37(36-47-49(43,44)46-34-33-40)48-39(42)32-30-28-26-24-22-20-18-16-14-12-10-8-6-4-2/h10,12,15-18,37H,3-9,11,13-14,19-36,40H2,1-2H3,(H,43,44)/b12-10-,17-15-,18-16-. The molecule has 0 rings (SSSR count). The first-order valence-electron chi connectivity index (χ1n) is 19.5. The number of rotatable bonds is 36. The molecule has 2 unspecified atom stereocenters. The predicted molar refractivity (Wildman–Crippen MR) is 201 cm³/mol. The molecular weight excluding hydrogens is 641 g/mol. The van der Waals surface area contributed by atoms with Crippen molar-refractivity contribution >= 4 is 19.8 Å². The average Bonchev–Trinajstić information content (AvgIpc) is 3.08. The molecule has 0 aromatic heterocycles. The van der Waals surface area contributed by atoms with E-state index in [0.29, 0.717) is 6.42 Å². The highest BCUT2D eigenvalue weighted by atomic mass is 31.2. The molecule has 0 radical (unpaired) electrons. The first-order chi connectivity index (χ1) is 23.8. The van der Waals surface area contributed by atoms with E-state index in [1.807, 2.05) is 0 Å². The molecule has 49 heavy (non-hydrogen) atoms. The van der Waals surface area contributed by atoms with Gasteiger partial charge in [0.05, 0.1) is 13.2 Å². The summed E-state index contributed by atoms with van der Waals surface area (Å²) in [4.78, 5) is 34.7. The number of ether oxygens (including phenoxy) is 2. The summed E-state index contributed by atoms with van der Waals surface area (Å²) in [6.45, 7) is 3.64. The lowest BCUT2D eigenvalue weighted by molar-refractivity contribution is -0.161. The van der Waals surface area contributed by atoms with E-state index >= 15 is 0 Å². The highest BCUT2D eigenvalue weighted by Gasteiger charge is 2.25. The molecule has 10 heteroatoms. The zero-order valence-corrected chi connectivity index (χ0v) is 32.1. The normalized spacial score (nSPS) is 13.8. The topological polar surface area (TPSA) is 134 Å². The van der Waals surface area contributed by atoms with Crippen LogP contribution in [0.3, 0.4) is 0 Å². The molecule has 0 amide bonds. The van der Waals surface area contributed by atoms with Gasteiger partial charge in [-0.15, -0.1) is 0 Å². The lowest BCUT2D eigenvalue weighted by Crippen LogP contribution is -2.29. The number of hydrogen-bond acceptors (Lipinski definition) is 8. The molecule has 0 aromatic rings. The molecule has 0 fully saturated rings. The highest BCUT2D eigenvalue weighted by Crippen LogP contribution is 2.43. The molecule has 0 saturated heterocycles. The van der Waals surface area contributed by atoms with Gasteiger partial charge in [0.15, 0.2) is 6.10 Å². The third-order valence-electron chi connectivity index (χ3n) is 8.00. The number of esters is 2. The monoisotopic (exact) mass is 713 g/mol. The van der Waals surface area contributed by atoms with E-state index < -0.39 is 32.5 Å². The second kappa shape index (κ2) is 36.0. The summed E-state index contributed by atoms with van der Waals surface area (Å²) < 4.78 is 32.6. The number of allylic oxidation sites excluding steroid dienone is 6. The first kappa shape index (κ1) is 47.2. The molecule has 0 spiro atoms. The zero-order chi connectivity index (χ0) is 36.1. The van der Waals surface area contributed by atoms with Crippen LogP contribution in [0, 0.1) is 0 Å². The second-order valence-corrected chi connectivity index (χ2v) is 14.2. The number of nitrogens with two attached hydrogens (primary N) is 1. The molecule has 0 aliphatic heterocycles. The van der Waals surface area contributed by atoms with Crippen molar-refractivity contribution in [2.45, 2.75) is 174 Å². The predicted octanol–water partition coefficient (Wildman–Crippen LogP) is 10.6. The number of phosphoric ester groups is 1. The van der Waals surface area contributed by atoms with E-state index in [4.69, 9.17) is 24.3 Å². The maximum Gasteiger partial charge on any atom is 0.472 e. The van der Waals surface area contributed by atoms with E-state index in [1.54, 1.807) is 0 Å². The molecule has 0 aliphatic carbocycles. The Labute approximate surface area is 299 Å². The average molecular weight is 714 g/mol. The molecule has 9 nitrogen and oxygen atoms in total. The summed E-state index contributed by atoms with van der Waals surface area (Å²) in [6.07, 6.45) is 37.4. The van der Waals surface area contributed by atoms with Crippen LogP contribution in [0.1, 0.15) is 168 Å². The van der Waals surface area contributed by atoms with Gasteiger partial charge in [-0.3, -0.25) is 18.6 Å². The van der Waals surface area contributed by atoms with Crippen LogP contribution in [-0.4, -0.2) is 49.3 Å². The smallest absolute Gasteiger partial charge is 0.462 e. The molecule has 2 atom stereocenters. The lowest BCUT2D eigenvalue weighted by atomic mass is 10.1. The van der Waals surface area contributed by atoms with Crippen molar-refractivity contribution in [2.75, 3.05) is 26.4 Å². The highest BCUT2D eigenvalue weighted by molar-refractivity contribution is 7.47. The molecule has 286 valence electrons. The van der Waals surface area contributed by atoms with Crippen molar-refractivity contribution in [1.29, 1.82) is 0 Å². The largest absolute Gasteiger partial charge is 0.472 e. The van der Waals surface area contributed by atoms with Crippen molar-refractivity contribution in [1.82, 2.24) is 0 Å². The van der Waals surface area contributed by atoms with Crippen LogP contribution in [0.15, 0.2) is 36.5 Å². The lowest BCUT2D eigenvalue weighted by Gasteiger charge is -2.19. The number of phosphoric acid groups is 1. The minimum Gasteiger partial charge on any atom is -0.462 e. The third kappa shape index (κ3) is 35.8. The van der Waals surface area contributed by atoms with Gasteiger partial charge in [0, 0.05) is 19.4 Å². The van der Waals surface area contributed by atoms with Crippen LogP contribution in [0.2, 0.25) is 0 Å². The van der Waals surface area contributed by atoms with Gasteiger partial charge in [-0.1, -0.05) is 127 Å². The van der Waals surface area contributed by atoms with Crippen molar-refractivity contribution in [3.8, 4) is 0 Å². The van der Waals surface area contributed by atoms with Gasteiger partial charge in [0.1, 0.15) is 6.61 Å². The Balaban J connectivity index is 4.25. The molecule has 0 saturated carbocycles. The van der Waals surface area contributed by atoms with Crippen LogP contribution in [0.25, 0.3) is 0 Å². The van der Waals surface area contributed by atoms with Gasteiger partial charge >= 0.3 is 19.8 Å². The van der Waals surface area contributed by atoms with Gasteiger partial charge in [0.25, 0.3) is 0 Å². The summed E-state index contributed by atoms with van der Waals surface area (Å²) >= 11 is 0. The maximum absolute atomic E-state index is 12.5. The summed E-state index contributed by atoms with van der Waals surface area (Å²) in [5.41, 5.74) is 5.33. The van der Waals surface area contributed by atoms with E-state index in [0.717, 1.165) is 83.5 Å². The van der Waals surface area contributed by atoms with E-state index in [-0.39, 0.29) is 32.6 Å². The summed E-state index contributed by atoms with van der Waals surface area (Å²) in [5.74, 6) is -0.857. The molecule has 3 N–H and O–H groups in total. The SMILES string of the molecule is CCCC/C=C\C/C=C\CCCCCCCC(=O)OC(COC(=O)CCCCCCC/C=C\CCCCCCC)COP(=O)(O)OCCN. The molecule has 0 heterocycles.